The Morgan fingerprint density at radius 1 is 1.20 bits per heavy atom. The highest BCUT2D eigenvalue weighted by molar-refractivity contribution is 7.19. The molecule has 1 aliphatic carbocycles. The van der Waals surface area contributed by atoms with E-state index in [-0.39, 0.29) is 5.56 Å². The number of nitrogens with zero attached hydrogens (tertiary/aromatic N) is 5. The molecule has 35 heavy (non-hydrogen) atoms. The highest BCUT2D eigenvalue weighted by Gasteiger charge is 2.26. The molecule has 0 amide bonds. The second kappa shape index (κ2) is 9.29. The summed E-state index contributed by atoms with van der Waals surface area (Å²) in [5, 5.41) is 1.78. The number of morpholine rings is 1. The molecule has 1 N–H and O–H groups in total. The standard InChI is InChI=1S/C26H30N6O2S/c1-16-7-8-18-20(13-16)35-26-23(18)24(28-22(30-26)15-32-9-11-34-12-10-32)31(2)14-21-27-19-6-4-3-5-17(19)25(33)29-21/h3-6,16H,7-15H2,1-2H3,(H,27,29,33)/t16-/m0/s1. The first-order valence-electron chi connectivity index (χ1n) is 12.4. The van der Waals surface area contributed by atoms with Gasteiger partial charge < -0.3 is 14.6 Å². The molecule has 1 aromatic carbocycles. The molecule has 8 nitrogen and oxygen atoms in total. The van der Waals surface area contributed by atoms with Crippen molar-refractivity contribution in [3.8, 4) is 0 Å². The molecular weight excluding hydrogens is 460 g/mol. The predicted octanol–water partition coefficient (Wildman–Crippen LogP) is 3.52. The Kier molecular flexibility index (Phi) is 5.99. The number of anilines is 1. The molecule has 4 aromatic rings. The number of hydrogen-bond donors (Lipinski definition) is 1. The molecule has 6 rings (SSSR count). The fourth-order valence-electron chi connectivity index (χ4n) is 5.18. The fourth-order valence-corrected chi connectivity index (χ4v) is 6.58. The number of fused-ring (bicyclic) bond motifs is 4. The van der Waals surface area contributed by atoms with Crippen molar-refractivity contribution in [1.29, 1.82) is 0 Å². The number of hydrogen-bond acceptors (Lipinski definition) is 8. The number of aromatic nitrogens is 4. The molecule has 0 saturated carbocycles. The maximum Gasteiger partial charge on any atom is 0.258 e. The van der Waals surface area contributed by atoms with E-state index in [0.717, 1.165) is 55.6 Å². The lowest BCUT2D eigenvalue weighted by Crippen LogP contribution is -2.36. The highest BCUT2D eigenvalue weighted by Crippen LogP contribution is 2.41. The molecule has 3 aromatic heterocycles. The number of aromatic amines is 1. The minimum absolute atomic E-state index is 0.109. The third-order valence-corrected chi connectivity index (χ3v) is 8.21. The number of H-pyrrole nitrogens is 1. The summed E-state index contributed by atoms with van der Waals surface area (Å²) in [5.41, 5.74) is 2.01. The van der Waals surface area contributed by atoms with Crippen LogP contribution in [0.1, 0.15) is 35.4 Å². The van der Waals surface area contributed by atoms with Crippen LogP contribution in [0.3, 0.4) is 0 Å². The van der Waals surface area contributed by atoms with Crippen molar-refractivity contribution in [3.63, 3.8) is 0 Å². The number of para-hydroxylation sites is 1. The number of thiophene rings is 1. The smallest absolute Gasteiger partial charge is 0.258 e. The average molecular weight is 491 g/mol. The molecule has 1 saturated heterocycles. The van der Waals surface area contributed by atoms with E-state index in [1.807, 2.05) is 36.6 Å². The van der Waals surface area contributed by atoms with Crippen molar-refractivity contribution in [3.05, 3.63) is 56.7 Å². The molecule has 0 radical (unpaired) electrons. The summed E-state index contributed by atoms with van der Waals surface area (Å²) in [6.07, 6.45) is 3.36. The van der Waals surface area contributed by atoms with Gasteiger partial charge in [0.1, 0.15) is 22.3 Å². The Balaban J connectivity index is 1.40. The molecule has 0 spiro atoms. The summed E-state index contributed by atoms with van der Waals surface area (Å²) in [6.45, 7) is 6.80. The van der Waals surface area contributed by atoms with Crippen molar-refractivity contribution in [2.45, 2.75) is 39.3 Å². The van der Waals surface area contributed by atoms with Crippen LogP contribution in [0.5, 0.6) is 0 Å². The Hall–Kier alpha value is -2.88. The van der Waals surface area contributed by atoms with E-state index in [1.54, 1.807) is 6.07 Å². The summed E-state index contributed by atoms with van der Waals surface area (Å²) in [4.78, 5) is 37.4. The van der Waals surface area contributed by atoms with Crippen molar-refractivity contribution >= 4 is 38.3 Å². The number of ether oxygens (including phenoxy) is 1. The van der Waals surface area contributed by atoms with Crippen LogP contribution in [-0.4, -0.2) is 58.2 Å². The molecule has 1 aliphatic heterocycles. The minimum atomic E-state index is -0.109. The number of nitrogens with one attached hydrogen (secondary N) is 1. The van der Waals surface area contributed by atoms with Crippen LogP contribution in [0, 0.1) is 5.92 Å². The third kappa shape index (κ3) is 4.44. The lowest BCUT2D eigenvalue weighted by molar-refractivity contribution is 0.0331. The van der Waals surface area contributed by atoms with E-state index in [9.17, 15) is 4.79 Å². The number of rotatable bonds is 5. The quantitative estimate of drug-likeness (QED) is 0.458. The van der Waals surface area contributed by atoms with Gasteiger partial charge in [0.2, 0.25) is 0 Å². The fraction of sp³-hybridized carbons (Fsp3) is 0.462. The van der Waals surface area contributed by atoms with Gasteiger partial charge >= 0.3 is 0 Å². The molecule has 4 heterocycles. The summed E-state index contributed by atoms with van der Waals surface area (Å²) in [5.74, 6) is 3.11. The summed E-state index contributed by atoms with van der Waals surface area (Å²) in [6, 6.07) is 7.46. The molecule has 2 aliphatic rings. The Labute approximate surface area is 208 Å². The van der Waals surface area contributed by atoms with Crippen LogP contribution < -0.4 is 10.5 Å². The van der Waals surface area contributed by atoms with Gasteiger partial charge in [-0.05, 0) is 42.9 Å². The van der Waals surface area contributed by atoms with E-state index in [0.29, 0.717) is 35.7 Å². The molecule has 182 valence electrons. The van der Waals surface area contributed by atoms with E-state index in [4.69, 9.17) is 19.7 Å². The van der Waals surface area contributed by atoms with Crippen LogP contribution >= 0.6 is 11.3 Å². The lowest BCUT2D eigenvalue weighted by Gasteiger charge is -2.26. The van der Waals surface area contributed by atoms with Gasteiger partial charge in [0.25, 0.3) is 5.56 Å². The SMILES string of the molecule is C[C@H]1CCc2c(sc3nc(CN4CCOCC4)nc(N(C)Cc4nc5ccccc5c(=O)[nH]4)c23)C1. The van der Waals surface area contributed by atoms with E-state index >= 15 is 0 Å². The molecule has 1 atom stereocenters. The topological polar surface area (TPSA) is 87.2 Å². The largest absolute Gasteiger partial charge is 0.379 e. The summed E-state index contributed by atoms with van der Waals surface area (Å²) < 4.78 is 5.52. The maximum atomic E-state index is 12.6. The lowest BCUT2D eigenvalue weighted by atomic mass is 9.89. The first kappa shape index (κ1) is 22.6. The van der Waals surface area contributed by atoms with Gasteiger partial charge in [0.15, 0.2) is 0 Å². The van der Waals surface area contributed by atoms with Crippen LogP contribution in [0.2, 0.25) is 0 Å². The normalized spacial score (nSPS) is 18.7. The monoisotopic (exact) mass is 490 g/mol. The van der Waals surface area contributed by atoms with E-state index in [2.05, 4.69) is 21.7 Å². The van der Waals surface area contributed by atoms with Crippen LogP contribution in [0.15, 0.2) is 29.1 Å². The van der Waals surface area contributed by atoms with Gasteiger partial charge in [-0.25, -0.2) is 15.0 Å². The zero-order chi connectivity index (χ0) is 23.9. The molecule has 0 bridgehead atoms. The van der Waals surface area contributed by atoms with Crippen LogP contribution in [-0.2, 0) is 30.7 Å². The van der Waals surface area contributed by atoms with E-state index in [1.165, 1.54) is 22.2 Å². The second-order valence-corrected chi connectivity index (χ2v) is 10.9. The number of benzene rings is 1. The Morgan fingerprint density at radius 2 is 2.03 bits per heavy atom. The second-order valence-electron chi connectivity index (χ2n) is 9.77. The van der Waals surface area contributed by atoms with Gasteiger partial charge in [-0.15, -0.1) is 11.3 Å². The minimum Gasteiger partial charge on any atom is -0.379 e. The van der Waals surface area contributed by atoms with Gasteiger partial charge in [0.05, 0.1) is 42.6 Å². The van der Waals surface area contributed by atoms with E-state index < -0.39 is 0 Å². The van der Waals surface area contributed by atoms with Gasteiger partial charge in [-0.2, -0.15) is 0 Å². The molecule has 1 fully saturated rings. The number of aryl methyl sites for hydroxylation is 1. The van der Waals surface area contributed by atoms with Crippen LogP contribution in [0.4, 0.5) is 5.82 Å². The van der Waals surface area contributed by atoms with Crippen LogP contribution in [0.25, 0.3) is 21.1 Å². The zero-order valence-electron chi connectivity index (χ0n) is 20.2. The van der Waals surface area contributed by atoms with Crippen molar-refractivity contribution < 1.29 is 4.74 Å². The van der Waals surface area contributed by atoms with Crippen molar-refractivity contribution in [1.82, 2.24) is 24.8 Å². The maximum absolute atomic E-state index is 12.6. The Morgan fingerprint density at radius 3 is 2.89 bits per heavy atom. The average Bonchev–Trinajstić information content (AvgIpc) is 3.21. The van der Waals surface area contributed by atoms with Gasteiger partial charge in [0, 0.05) is 25.0 Å². The van der Waals surface area contributed by atoms with Gasteiger partial charge in [-0.3, -0.25) is 9.69 Å². The Bertz CT molecular complexity index is 1440. The van der Waals surface area contributed by atoms with Crippen molar-refractivity contribution in [2.24, 2.45) is 5.92 Å². The first-order chi connectivity index (χ1) is 17.0. The molecule has 0 unspecified atom stereocenters. The third-order valence-electron chi connectivity index (χ3n) is 7.06. The van der Waals surface area contributed by atoms with Gasteiger partial charge in [-0.1, -0.05) is 19.1 Å². The molecule has 9 heteroatoms. The zero-order valence-corrected chi connectivity index (χ0v) is 21.0. The highest BCUT2D eigenvalue weighted by atomic mass is 32.1. The summed E-state index contributed by atoms with van der Waals surface area (Å²) in [7, 11) is 2.03. The summed E-state index contributed by atoms with van der Waals surface area (Å²) >= 11 is 1.83. The molecular formula is C26H30N6O2S. The first-order valence-corrected chi connectivity index (χ1v) is 13.2. The predicted molar refractivity (Wildman–Crippen MR) is 139 cm³/mol. The van der Waals surface area contributed by atoms with Crippen molar-refractivity contribution in [2.75, 3.05) is 38.3 Å².